The van der Waals surface area contributed by atoms with E-state index in [1.54, 1.807) is 12.1 Å². The molecule has 1 amide bonds. The van der Waals surface area contributed by atoms with Crippen molar-refractivity contribution in [3.63, 3.8) is 0 Å². The van der Waals surface area contributed by atoms with E-state index >= 15 is 0 Å². The van der Waals surface area contributed by atoms with E-state index in [-0.39, 0.29) is 22.5 Å². The van der Waals surface area contributed by atoms with Crippen LogP contribution < -0.4 is 5.32 Å². The Morgan fingerprint density at radius 3 is 1.72 bits per heavy atom. The molecule has 0 saturated carbocycles. The summed E-state index contributed by atoms with van der Waals surface area (Å²) >= 11 is 0.104. The summed E-state index contributed by atoms with van der Waals surface area (Å²) in [5.41, 5.74) is -0.169. The molecule has 266 valence electrons. The monoisotopic (exact) mass is 731 g/mol. The van der Waals surface area contributed by atoms with Crippen LogP contribution in [0.15, 0.2) is 29.6 Å². The normalized spacial score (nSPS) is 14.0. The summed E-state index contributed by atoms with van der Waals surface area (Å²) in [6, 6.07) is 5.90. The number of alkyl halides is 16. The number of esters is 1. The highest BCUT2D eigenvalue weighted by molar-refractivity contribution is 7.15. The van der Waals surface area contributed by atoms with Crippen molar-refractivity contribution in [2.75, 3.05) is 11.9 Å². The van der Waals surface area contributed by atoms with E-state index in [1.807, 2.05) is 6.92 Å². The fraction of sp³-hybridized carbons (Fsp3) is 0.538. The zero-order valence-electron chi connectivity index (χ0n) is 23.5. The number of amides is 1. The van der Waals surface area contributed by atoms with Gasteiger partial charge in [0.2, 0.25) is 0 Å². The second-order valence-corrected chi connectivity index (χ2v) is 10.6. The SMILES string of the molecule is CCCCc1ccc(-c2csc(NC(=O)C(F)(F)C(F)(F)C(F)(F)C(F)(F)C(F)(F)C(F)(F)C(F)(F)C(F)F)c2C(=O)OCC)cc1. The van der Waals surface area contributed by atoms with E-state index in [1.165, 1.54) is 19.1 Å². The van der Waals surface area contributed by atoms with E-state index in [0.29, 0.717) is 6.42 Å². The minimum atomic E-state index is -8.65. The first-order chi connectivity index (χ1) is 21.2. The highest BCUT2D eigenvalue weighted by Gasteiger charge is 2.94. The predicted molar refractivity (Wildman–Crippen MR) is 134 cm³/mol. The largest absolute Gasteiger partial charge is 0.462 e. The number of unbranched alkanes of at least 4 members (excludes halogenated alkanes) is 1. The van der Waals surface area contributed by atoms with Gasteiger partial charge in [0.15, 0.2) is 0 Å². The molecule has 4 nitrogen and oxygen atoms in total. The highest BCUT2D eigenvalue weighted by Crippen LogP contribution is 2.63. The summed E-state index contributed by atoms with van der Waals surface area (Å²) in [6.07, 6.45) is -3.77. The quantitative estimate of drug-likeness (QED) is 0.147. The van der Waals surface area contributed by atoms with Crippen molar-refractivity contribution in [3.05, 3.63) is 40.8 Å². The number of thiophene rings is 1. The molecular formula is C26H21F16NO3S. The molecule has 1 heterocycles. The van der Waals surface area contributed by atoms with Gasteiger partial charge in [0.1, 0.15) is 10.6 Å². The Morgan fingerprint density at radius 1 is 0.766 bits per heavy atom. The molecule has 0 aliphatic rings. The molecule has 2 rings (SSSR count). The lowest BCUT2D eigenvalue weighted by Gasteiger charge is -2.42. The summed E-state index contributed by atoms with van der Waals surface area (Å²) in [5.74, 6) is -62.1. The number of ether oxygens (including phenoxy) is 1. The van der Waals surface area contributed by atoms with Gasteiger partial charge in [-0.1, -0.05) is 37.6 Å². The van der Waals surface area contributed by atoms with Gasteiger partial charge in [-0.05, 0) is 30.9 Å². The van der Waals surface area contributed by atoms with Crippen molar-refractivity contribution < 1.29 is 84.6 Å². The van der Waals surface area contributed by atoms with Crippen molar-refractivity contribution in [3.8, 4) is 11.1 Å². The van der Waals surface area contributed by atoms with Crippen molar-refractivity contribution in [1.82, 2.24) is 0 Å². The van der Waals surface area contributed by atoms with Crippen LogP contribution in [0, 0.1) is 0 Å². The van der Waals surface area contributed by atoms with Crippen LogP contribution in [0.2, 0.25) is 0 Å². The van der Waals surface area contributed by atoms with Gasteiger partial charge in [-0.3, -0.25) is 4.79 Å². The second-order valence-electron chi connectivity index (χ2n) is 9.70. The van der Waals surface area contributed by atoms with Crippen LogP contribution >= 0.6 is 11.3 Å². The van der Waals surface area contributed by atoms with E-state index in [2.05, 4.69) is 0 Å². The van der Waals surface area contributed by atoms with Crippen LogP contribution in [0.5, 0.6) is 0 Å². The van der Waals surface area contributed by atoms with Gasteiger partial charge in [-0.25, -0.2) is 13.6 Å². The summed E-state index contributed by atoms with van der Waals surface area (Å²) in [5, 5.41) is 0.670. The Balaban J connectivity index is 2.57. The molecule has 0 saturated heterocycles. The summed E-state index contributed by atoms with van der Waals surface area (Å²) in [7, 11) is 0. The van der Waals surface area contributed by atoms with Crippen molar-refractivity contribution in [1.29, 1.82) is 0 Å². The van der Waals surface area contributed by atoms with Gasteiger partial charge in [-0.15, -0.1) is 11.3 Å². The molecule has 21 heteroatoms. The molecule has 1 aromatic heterocycles. The number of rotatable bonds is 15. The summed E-state index contributed by atoms with van der Waals surface area (Å²) in [4.78, 5) is 24.7. The van der Waals surface area contributed by atoms with Crippen LogP contribution in [-0.2, 0) is 16.0 Å². The first kappa shape index (κ1) is 39.9. The average Bonchev–Trinajstić information content (AvgIpc) is 3.39. The molecule has 0 unspecified atom stereocenters. The summed E-state index contributed by atoms with van der Waals surface area (Å²) < 4.78 is 223. The standard InChI is InChI=1S/C26H21F16NO3S/c1-3-5-6-12-7-9-13(10-8-12)14-11-47-16(15(14)17(44)46-4-2)43-19(45)21(31,32)23(35,36)25(39,40)26(41,42)24(37,38)22(33,34)20(29,30)18(27)28/h7-11,18H,3-6H2,1-2H3,(H,43,45). The number of halogens is 16. The minimum absolute atomic E-state index is 0.104. The molecule has 0 aliphatic heterocycles. The molecule has 0 bridgehead atoms. The van der Waals surface area contributed by atoms with Gasteiger partial charge in [-0.2, -0.15) is 61.5 Å². The second kappa shape index (κ2) is 13.3. The molecule has 0 aliphatic carbocycles. The Morgan fingerprint density at radius 2 is 1.26 bits per heavy atom. The predicted octanol–water partition coefficient (Wildman–Crippen LogP) is 9.59. The number of aryl methyl sites for hydroxylation is 1. The molecule has 1 aromatic carbocycles. The van der Waals surface area contributed by atoms with E-state index in [4.69, 9.17) is 4.74 Å². The molecular weight excluding hydrogens is 710 g/mol. The van der Waals surface area contributed by atoms with Crippen LogP contribution in [0.3, 0.4) is 0 Å². The highest BCUT2D eigenvalue weighted by atomic mass is 32.1. The summed E-state index contributed by atoms with van der Waals surface area (Å²) in [6.45, 7) is 2.72. The number of anilines is 1. The fourth-order valence-electron chi connectivity index (χ4n) is 3.76. The average molecular weight is 731 g/mol. The van der Waals surface area contributed by atoms with E-state index in [9.17, 15) is 79.8 Å². The van der Waals surface area contributed by atoms with Crippen LogP contribution in [0.1, 0.15) is 42.6 Å². The fourth-order valence-corrected chi connectivity index (χ4v) is 4.71. The Labute approximate surface area is 258 Å². The van der Waals surface area contributed by atoms with Gasteiger partial charge in [0.05, 0.1) is 6.61 Å². The number of benzene rings is 1. The number of carbonyl (C=O) groups is 2. The van der Waals surface area contributed by atoms with Gasteiger partial charge in [0.25, 0.3) is 0 Å². The van der Waals surface area contributed by atoms with Gasteiger partial charge in [0, 0.05) is 10.9 Å². The Bertz CT molecular complexity index is 1420. The van der Waals surface area contributed by atoms with Crippen molar-refractivity contribution >= 4 is 28.2 Å². The van der Waals surface area contributed by atoms with Crippen molar-refractivity contribution in [2.45, 2.75) is 81.0 Å². The number of hydrogen-bond donors (Lipinski definition) is 1. The molecule has 2 aromatic rings. The third kappa shape index (κ3) is 6.47. The molecule has 0 spiro atoms. The maximum absolute atomic E-state index is 14.5. The lowest BCUT2D eigenvalue weighted by atomic mass is 9.89. The van der Waals surface area contributed by atoms with Crippen LogP contribution in [0.4, 0.5) is 75.2 Å². The molecule has 47 heavy (non-hydrogen) atoms. The van der Waals surface area contributed by atoms with Gasteiger partial charge < -0.3 is 10.1 Å². The number of nitrogens with one attached hydrogen (secondary N) is 1. The Hall–Kier alpha value is -3.26. The maximum atomic E-state index is 14.5. The number of carbonyl (C=O) groups excluding carboxylic acids is 2. The first-order valence-electron chi connectivity index (χ1n) is 12.8. The zero-order chi connectivity index (χ0) is 36.6. The van der Waals surface area contributed by atoms with Crippen molar-refractivity contribution in [2.24, 2.45) is 0 Å². The van der Waals surface area contributed by atoms with E-state index < -0.39 is 76.9 Å². The minimum Gasteiger partial charge on any atom is -0.462 e. The topological polar surface area (TPSA) is 55.4 Å². The third-order valence-electron chi connectivity index (χ3n) is 6.53. The maximum Gasteiger partial charge on any atom is 0.393 e. The number of hydrogen-bond acceptors (Lipinski definition) is 4. The smallest absolute Gasteiger partial charge is 0.393 e. The van der Waals surface area contributed by atoms with E-state index in [0.717, 1.165) is 29.1 Å². The molecule has 0 radical (unpaired) electrons. The Kier molecular flexibility index (Phi) is 11.3. The molecule has 0 fully saturated rings. The van der Waals surface area contributed by atoms with Gasteiger partial charge >= 0.3 is 59.8 Å². The molecule has 0 atom stereocenters. The molecule has 1 N–H and O–H groups in total. The first-order valence-corrected chi connectivity index (χ1v) is 13.7. The zero-order valence-corrected chi connectivity index (χ0v) is 24.3. The lowest BCUT2D eigenvalue weighted by Crippen LogP contribution is -2.74. The van der Waals surface area contributed by atoms with Crippen LogP contribution in [0.25, 0.3) is 11.1 Å². The lowest BCUT2D eigenvalue weighted by molar-refractivity contribution is -0.443. The third-order valence-corrected chi connectivity index (χ3v) is 7.43. The van der Waals surface area contributed by atoms with Crippen LogP contribution in [-0.4, -0.2) is 66.4 Å².